The molecule has 1 rings (SSSR count). The van der Waals surface area contributed by atoms with E-state index in [1.54, 1.807) is 11.8 Å². The van der Waals surface area contributed by atoms with Crippen molar-refractivity contribution in [2.24, 2.45) is 5.16 Å². The lowest BCUT2D eigenvalue weighted by atomic mass is 10.1. The van der Waals surface area contributed by atoms with Crippen LogP contribution in [0.1, 0.15) is 43.7 Å². The summed E-state index contributed by atoms with van der Waals surface area (Å²) in [7, 11) is 1.35. The van der Waals surface area contributed by atoms with Crippen LogP contribution in [0.2, 0.25) is 0 Å². The van der Waals surface area contributed by atoms with Gasteiger partial charge in [-0.1, -0.05) is 30.1 Å². The zero-order valence-electron chi connectivity index (χ0n) is 16.9. The van der Waals surface area contributed by atoms with Crippen LogP contribution < -0.4 is 9.47 Å². The van der Waals surface area contributed by atoms with Crippen LogP contribution in [0.3, 0.4) is 0 Å². The first-order chi connectivity index (χ1) is 13.1. The third-order valence-electron chi connectivity index (χ3n) is 3.86. The highest BCUT2D eigenvalue weighted by Gasteiger charge is 2.07. The largest absolute Gasteiger partial charge is 0.493 e. The van der Waals surface area contributed by atoms with Crippen LogP contribution in [0.4, 0.5) is 4.39 Å². The van der Waals surface area contributed by atoms with Gasteiger partial charge < -0.3 is 14.3 Å². The van der Waals surface area contributed by atoms with E-state index in [9.17, 15) is 4.39 Å². The van der Waals surface area contributed by atoms with Gasteiger partial charge >= 0.3 is 0 Å². The molecule has 0 bridgehead atoms. The number of oxime groups is 1. The average Bonchev–Trinajstić information content (AvgIpc) is 2.62. The van der Waals surface area contributed by atoms with E-state index in [1.165, 1.54) is 7.11 Å². The summed E-state index contributed by atoms with van der Waals surface area (Å²) in [5, 5.41) is 3.25. The zero-order chi connectivity index (χ0) is 19.9. The smallest absolute Gasteiger partial charge is 0.236 e. The van der Waals surface area contributed by atoms with Gasteiger partial charge in [0.2, 0.25) is 5.97 Å². The fourth-order valence-electron chi connectivity index (χ4n) is 2.58. The second-order valence-corrected chi connectivity index (χ2v) is 7.34. The van der Waals surface area contributed by atoms with E-state index in [0.29, 0.717) is 13.2 Å². The quantitative estimate of drug-likeness (QED) is 0.171. The van der Waals surface area contributed by atoms with E-state index in [4.69, 9.17) is 9.47 Å². The van der Waals surface area contributed by atoms with Gasteiger partial charge in [-0.2, -0.15) is 16.2 Å². The summed E-state index contributed by atoms with van der Waals surface area (Å²) in [5.74, 6) is 2.58. The maximum atomic E-state index is 13.0. The van der Waals surface area contributed by atoms with Crippen molar-refractivity contribution >= 4 is 17.7 Å². The molecule has 0 saturated heterocycles. The number of rotatable bonds is 14. The van der Waals surface area contributed by atoms with Crippen LogP contribution in [-0.2, 0) is 4.84 Å². The molecule has 0 saturated carbocycles. The first kappa shape index (κ1) is 23.3. The van der Waals surface area contributed by atoms with Crippen LogP contribution in [0, 0.1) is 13.8 Å². The molecule has 4 nitrogen and oxygen atoms in total. The van der Waals surface area contributed by atoms with Gasteiger partial charge in [-0.25, -0.2) is 0 Å². The standard InChI is InChI=1S/C21H32FNO3S/c1-5-6-11-25-19-14-17(2)21(18(3)15-19)26-12-9-7-8-10-13-27-16-20(22)23-24-4/h5-6,14-15H,7-13,16H2,1-4H3/b6-5+,23-20-. The second kappa shape index (κ2) is 14.4. The van der Waals surface area contributed by atoms with Gasteiger partial charge in [0.25, 0.3) is 0 Å². The van der Waals surface area contributed by atoms with Crippen molar-refractivity contribution in [1.29, 1.82) is 0 Å². The molecule has 1 aromatic rings. The number of ether oxygens (including phenoxy) is 2. The third kappa shape index (κ3) is 10.3. The Bertz CT molecular complexity index is 582. The Labute approximate surface area is 167 Å². The summed E-state index contributed by atoms with van der Waals surface area (Å²) in [6.45, 7) is 7.37. The van der Waals surface area contributed by atoms with Crippen molar-refractivity contribution in [2.45, 2.75) is 46.5 Å². The van der Waals surface area contributed by atoms with E-state index >= 15 is 0 Å². The number of allylic oxidation sites excluding steroid dienone is 1. The molecule has 0 aliphatic rings. The number of unbranched alkanes of at least 4 members (excludes halogenated alkanes) is 3. The topological polar surface area (TPSA) is 40.0 Å². The van der Waals surface area contributed by atoms with Crippen LogP contribution in [0.25, 0.3) is 0 Å². The molecule has 0 aliphatic heterocycles. The maximum Gasteiger partial charge on any atom is 0.236 e. The molecule has 0 radical (unpaired) electrons. The Morgan fingerprint density at radius 2 is 1.81 bits per heavy atom. The molecule has 0 atom stereocenters. The molecule has 0 amide bonds. The summed E-state index contributed by atoms with van der Waals surface area (Å²) < 4.78 is 24.7. The Morgan fingerprint density at radius 1 is 1.11 bits per heavy atom. The van der Waals surface area contributed by atoms with Gasteiger partial charge in [0.15, 0.2) is 0 Å². The minimum atomic E-state index is -0.458. The first-order valence-electron chi connectivity index (χ1n) is 9.39. The Kier molecular flexibility index (Phi) is 12.4. The van der Waals surface area contributed by atoms with Crippen molar-refractivity contribution in [2.75, 3.05) is 31.8 Å². The molecule has 1 aromatic carbocycles. The lowest BCUT2D eigenvalue weighted by Crippen LogP contribution is -2.02. The number of thioether (sulfide) groups is 1. The number of halogens is 1. The van der Waals surface area contributed by atoms with Gasteiger partial charge in [-0.3, -0.25) is 0 Å². The molecular formula is C21H32FNO3S. The number of benzene rings is 1. The van der Waals surface area contributed by atoms with Crippen molar-refractivity contribution in [3.63, 3.8) is 0 Å². The summed E-state index contributed by atoms with van der Waals surface area (Å²) in [6.07, 6.45) is 8.28. The molecule has 0 aromatic heterocycles. The highest BCUT2D eigenvalue weighted by Crippen LogP contribution is 2.28. The molecule has 152 valence electrons. The van der Waals surface area contributed by atoms with Crippen LogP contribution in [0.15, 0.2) is 29.4 Å². The summed E-state index contributed by atoms with van der Waals surface area (Å²) in [6, 6.07) is 4.05. The van der Waals surface area contributed by atoms with Crippen molar-refractivity contribution in [1.82, 2.24) is 0 Å². The fourth-order valence-corrected chi connectivity index (χ4v) is 3.35. The fraction of sp³-hybridized carbons (Fsp3) is 0.571. The van der Waals surface area contributed by atoms with E-state index in [-0.39, 0.29) is 5.75 Å². The molecular weight excluding hydrogens is 365 g/mol. The number of hydrogen-bond donors (Lipinski definition) is 0. The van der Waals surface area contributed by atoms with Crippen LogP contribution in [-0.4, -0.2) is 37.8 Å². The predicted octanol–water partition coefficient (Wildman–Crippen LogP) is 5.86. The average molecular weight is 398 g/mol. The molecule has 0 heterocycles. The minimum Gasteiger partial charge on any atom is -0.493 e. The maximum absolute atomic E-state index is 13.0. The summed E-state index contributed by atoms with van der Waals surface area (Å²) in [5.41, 5.74) is 2.20. The zero-order valence-corrected chi connectivity index (χ0v) is 17.7. The molecule has 0 spiro atoms. The van der Waals surface area contributed by atoms with Gasteiger partial charge in [0.05, 0.1) is 12.4 Å². The van der Waals surface area contributed by atoms with Crippen molar-refractivity contribution < 1.29 is 18.7 Å². The number of hydrogen-bond acceptors (Lipinski definition) is 5. The molecule has 0 fully saturated rings. The predicted molar refractivity (Wildman–Crippen MR) is 113 cm³/mol. The molecule has 27 heavy (non-hydrogen) atoms. The van der Waals surface area contributed by atoms with Gasteiger partial charge in [0.1, 0.15) is 25.2 Å². The number of nitrogens with zero attached hydrogens (tertiary/aromatic N) is 1. The Morgan fingerprint density at radius 3 is 2.48 bits per heavy atom. The highest BCUT2D eigenvalue weighted by atomic mass is 32.2. The second-order valence-electron chi connectivity index (χ2n) is 6.23. The SMILES string of the molecule is C/C=C/COc1cc(C)c(OCCCCCCSC/C(F)=N/OC)c(C)c1. The monoisotopic (exact) mass is 397 g/mol. The van der Waals surface area contributed by atoms with Crippen LogP contribution >= 0.6 is 11.8 Å². The van der Waals surface area contributed by atoms with E-state index < -0.39 is 5.97 Å². The molecule has 6 heteroatoms. The third-order valence-corrected chi connectivity index (χ3v) is 4.88. The first-order valence-corrected chi connectivity index (χ1v) is 10.5. The van der Waals surface area contributed by atoms with E-state index in [2.05, 4.69) is 9.99 Å². The Balaban J connectivity index is 2.20. The molecule has 0 N–H and O–H groups in total. The van der Waals surface area contributed by atoms with Crippen LogP contribution in [0.5, 0.6) is 11.5 Å². The van der Waals surface area contributed by atoms with Gasteiger partial charge in [0, 0.05) is 0 Å². The van der Waals surface area contributed by atoms with E-state index in [0.717, 1.165) is 54.1 Å². The lowest BCUT2D eigenvalue weighted by molar-refractivity contribution is 0.209. The normalized spacial score (nSPS) is 11.8. The Hall–Kier alpha value is -1.69. The van der Waals surface area contributed by atoms with Gasteiger partial charge in [-0.05, 0) is 62.6 Å². The molecule has 0 aliphatic carbocycles. The number of aryl methyl sites for hydroxylation is 2. The lowest BCUT2D eigenvalue weighted by Gasteiger charge is -2.14. The summed E-state index contributed by atoms with van der Waals surface area (Å²) >= 11 is 1.54. The minimum absolute atomic E-state index is 0.282. The highest BCUT2D eigenvalue weighted by molar-refractivity contribution is 7.99. The summed E-state index contributed by atoms with van der Waals surface area (Å²) in [4.78, 5) is 4.38. The molecule has 0 unspecified atom stereocenters. The van der Waals surface area contributed by atoms with Crippen molar-refractivity contribution in [3.8, 4) is 11.5 Å². The van der Waals surface area contributed by atoms with Gasteiger partial charge in [-0.15, -0.1) is 0 Å². The van der Waals surface area contributed by atoms with Crippen molar-refractivity contribution in [3.05, 3.63) is 35.4 Å². The van der Waals surface area contributed by atoms with E-state index in [1.807, 2.05) is 45.1 Å².